The standard InChI is InChI=1S/C17H32N6S.HI/c1-13(23-10-8-22(5)9-11-23)12-20-17(18-4)19-7-6-16-21-14(2)15(3)24-16;/h13H,6-12H2,1-5H3,(H2,18,19,20);1H. The number of nitrogens with one attached hydrogen (secondary N) is 2. The Morgan fingerprint density at radius 3 is 2.48 bits per heavy atom. The molecule has 1 atom stereocenters. The zero-order valence-corrected chi connectivity index (χ0v) is 19.3. The second kappa shape index (κ2) is 11.3. The summed E-state index contributed by atoms with van der Waals surface area (Å²) in [4.78, 5) is 15.1. The van der Waals surface area contributed by atoms with Crippen molar-refractivity contribution in [3.05, 3.63) is 15.6 Å². The predicted molar refractivity (Wildman–Crippen MR) is 119 cm³/mol. The van der Waals surface area contributed by atoms with Crippen LogP contribution in [0.2, 0.25) is 0 Å². The van der Waals surface area contributed by atoms with E-state index in [1.165, 1.54) is 9.88 Å². The van der Waals surface area contributed by atoms with E-state index in [1.54, 1.807) is 11.3 Å². The van der Waals surface area contributed by atoms with Crippen molar-refractivity contribution in [2.24, 2.45) is 4.99 Å². The molecule has 0 aliphatic carbocycles. The van der Waals surface area contributed by atoms with Gasteiger partial charge in [0, 0.05) is 63.7 Å². The first-order valence-electron chi connectivity index (χ1n) is 8.79. The molecule has 1 saturated heterocycles. The lowest BCUT2D eigenvalue weighted by atomic mass is 10.2. The van der Waals surface area contributed by atoms with Gasteiger partial charge in [0.15, 0.2) is 5.96 Å². The maximum Gasteiger partial charge on any atom is 0.191 e. The van der Waals surface area contributed by atoms with E-state index in [0.29, 0.717) is 6.04 Å². The fourth-order valence-corrected chi connectivity index (χ4v) is 3.72. The van der Waals surface area contributed by atoms with Crippen LogP contribution in [0.15, 0.2) is 4.99 Å². The Hall–Kier alpha value is -0.450. The van der Waals surface area contributed by atoms with Crippen LogP contribution in [0.3, 0.4) is 0 Å². The van der Waals surface area contributed by atoms with Crippen molar-refractivity contribution in [3.8, 4) is 0 Å². The third-order valence-electron chi connectivity index (χ3n) is 4.65. The van der Waals surface area contributed by atoms with E-state index in [0.717, 1.165) is 57.3 Å². The topological polar surface area (TPSA) is 55.8 Å². The molecule has 1 aromatic heterocycles. The number of aryl methyl sites for hydroxylation is 2. The minimum Gasteiger partial charge on any atom is -0.356 e. The molecule has 1 aromatic rings. The highest BCUT2D eigenvalue weighted by Crippen LogP contribution is 2.16. The Labute approximate surface area is 173 Å². The van der Waals surface area contributed by atoms with Gasteiger partial charge < -0.3 is 15.5 Å². The van der Waals surface area contributed by atoms with Crippen LogP contribution in [0.4, 0.5) is 0 Å². The Morgan fingerprint density at radius 2 is 1.92 bits per heavy atom. The minimum atomic E-state index is 0. The average molecular weight is 480 g/mol. The van der Waals surface area contributed by atoms with Crippen molar-refractivity contribution in [2.75, 3.05) is 53.4 Å². The fourth-order valence-electron chi connectivity index (χ4n) is 2.79. The van der Waals surface area contributed by atoms with Gasteiger partial charge in [0.2, 0.25) is 0 Å². The van der Waals surface area contributed by atoms with Gasteiger partial charge in [0.1, 0.15) is 0 Å². The fraction of sp³-hybridized carbons (Fsp3) is 0.765. The summed E-state index contributed by atoms with van der Waals surface area (Å²) >= 11 is 1.79. The number of aromatic nitrogens is 1. The molecule has 0 radical (unpaired) electrons. The summed E-state index contributed by atoms with van der Waals surface area (Å²) < 4.78 is 0. The van der Waals surface area contributed by atoms with E-state index < -0.39 is 0 Å². The Kier molecular flexibility index (Phi) is 10.2. The van der Waals surface area contributed by atoms with Crippen LogP contribution < -0.4 is 10.6 Å². The van der Waals surface area contributed by atoms with Crippen LogP contribution in [-0.2, 0) is 6.42 Å². The number of thiazole rings is 1. The highest BCUT2D eigenvalue weighted by Gasteiger charge is 2.19. The van der Waals surface area contributed by atoms with E-state index in [9.17, 15) is 0 Å². The average Bonchev–Trinajstić information content (AvgIpc) is 2.89. The summed E-state index contributed by atoms with van der Waals surface area (Å²) in [5, 5.41) is 8.03. The molecule has 144 valence electrons. The van der Waals surface area contributed by atoms with Gasteiger partial charge in [0.05, 0.1) is 10.7 Å². The number of hydrogen-bond donors (Lipinski definition) is 2. The normalized spacial score (nSPS) is 17.9. The van der Waals surface area contributed by atoms with Gasteiger partial charge in [-0.05, 0) is 27.8 Å². The SMILES string of the molecule is CN=C(NCCc1nc(C)c(C)s1)NCC(C)N1CCN(C)CC1.I. The van der Waals surface area contributed by atoms with E-state index in [4.69, 9.17) is 0 Å². The zero-order valence-electron chi connectivity index (χ0n) is 16.1. The van der Waals surface area contributed by atoms with Crippen molar-refractivity contribution >= 4 is 41.3 Å². The molecule has 2 heterocycles. The van der Waals surface area contributed by atoms with E-state index in [-0.39, 0.29) is 24.0 Å². The number of aliphatic imine (C=N–C) groups is 1. The smallest absolute Gasteiger partial charge is 0.191 e. The lowest BCUT2D eigenvalue weighted by Gasteiger charge is -2.36. The molecule has 2 rings (SSSR count). The molecule has 2 N–H and O–H groups in total. The van der Waals surface area contributed by atoms with E-state index in [2.05, 4.69) is 58.2 Å². The molecule has 0 spiro atoms. The molecule has 6 nitrogen and oxygen atoms in total. The number of halogens is 1. The number of guanidine groups is 1. The molecule has 0 saturated carbocycles. The van der Waals surface area contributed by atoms with Crippen molar-refractivity contribution in [1.82, 2.24) is 25.4 Å². The predicted octanol–water partition coefficient (Wildman–Crippen LogP) is 1.72. The minimum absolute atomic E-state index is 0. The number of nitrogens with zero attached hydrogens (tertiary/aromatic N) is 4. The zero-order chi connectivity index (χ0) is 17.5. The summed E-state index contributed by atoms with van der Waals surface area (Å²) in [5.41, 5.74) is 1.15. The second-order valence-corrected chi connectivity index (χ2v) is 7.86. The van der Waals surface area contributed by atoms with Crippen molar-refractivity contribution in [1.29, 1.82) is 0 Å². The third kappa shape index (κ3) is 7.36. The molecule has 0 aromatic carbocycles. The van der Waals surface area contributed by atoms with E-state index in [1.807, 2.05) is 7.05 Å². The van der Waals surface area contributed by atoms with Gasteiger partial charge >= 0.3 is 0 Å². The number of rotatable bonds is 6. The first kappa shape index (κ1) is 22.6. The summed E-state index contributed by atoms with van der Waals surface area (Å²) in [7, 11) is 4.02. The van der Waals surface area contributed by atoms with Crippen LogP contribution in [0.5, 0.6) is 0 Å². The van der Waals surface area contributed by atoms with Gasteiger partial charge in [-0.15, -0.1) is 35.3 Å². The second-order valence-electron chi connectivity index (χ2n) is 6.57. The Bertz CT molecular complexity index is 520. The molecular formula is C17H33IN6S. The maximum absolute atomic E-state index is 4.58. The first-order valence-corrected chi connectivity index (χ1v) is 9.61. The molecule has 0 amide bonds. The van der Waals surface area contributed by atoms with Crippen molar-refractivity contribution in [2.45, 2.75) is 33.2 Å². The summed E-state index contributed by atoms with van der Waals surface area (Å²) in [6, 6.07) is 0.515. The number of hydrogen-bond acceptors (Lipinski definition) is 5. The van der Waals surface area contributed by atoms with Gasteiger partial charge in [-0.2, -0.15) is 0 Å². The molecule has 25 heavy (non-hydrogen) atoms. The lowest BCUT2D eigenvalue weighted by Crippen LogP contribution is -2.52. The van der Waals surface area contributed by atoms with Gasteiger partial charge in [-0.1, -0.05) is 0 Å². The number of likely N-dealkylation sites (N-methyl/N-ethyl adjacent to an activating group) is 1. The summed E-state index contributed by atoms with van der Waals surface area (Å²) in [6.07, 6.45) is 0.939. The third-order valence-corrected chi connectivity index (χ3v) is 5.79. The Morgan fingerprint density at radius 1 is 1.24 bits per heavy atom. The Balaban J connectivity index is 0.00000312. The first-order chi connectivity index (χ1) is 11.5. The van der Waals surface area contributed by atoms with Crippen LogP contribution >= 0.6 is 35.3 Å². The van der Waals surface area contributed by atoms with Gasteiger partial charge in [-0.3, -0.25) is 9.89 Å². The highest BCUT2D eigenvalue weighted by molar-refractivity contribution is 14.0. The molecule has 1 unspecified atom stereocenters. The molecule has 1 fully saturated rings. The van der Waals surface area contributed by atoms with E-state index >= 15 is 0 Å². The van der Waals surface area contributed by atoms with Crippen molar-refractivity contribution < 1.29 is 0 Å². The quantitative estimate of drug-likeness (QED) is 0.369. The van der Waals surface area contributed by atoms with Crippen molar-refractivity contribution in [3.63, 3.8) is 0 Å². The molecule has 0 bridgehead atoms. The highest BCUT2D eigenvalue weighted by atomic mass is 127. The number of piperazine rings is 1. The van der Waals surface area contributed by atoms with Crippen LogP contribution in [-0.4, -0.2) is 80.1 Å². The van der Waals surface area contributed by atoms with Gasteiger partial charge in [-0.25, -0.2) is 4.98 Å². The van der Waals surface area contributed by atoms with Crippen LogP contribution in [0.25, 0.3) is 0 Å². The molecular weight excluding hydrogens is 447 g/mol. The maximum atomic E-state index is 4.58. The van der Waals surface area contributed by atoms with Crippen LogP contribution in [0.1, 0.15) is 22.5 Å². The van der Waals surface area contributed by atoms with Gasteiger partial charge in [0.25, 0.3) is 0 Å². The monoisotopic (exact) mass is 480 g/mol. The van der Waals surface area contributed by atoms with Crippen LogP contribution in [0, 0.1) is 13.8 Å². The molecule has 1 aliphatic heterocycles. The molecule has 1 aliphatic rings. The largest absolute Gasteiger partial charge is 0.356 e. The summed E-state index contributed by atoms with van der Waals surface area (Å²) in [5.74, 6) is 0.876. The summed E-state index contributed by atoms with van der Waals surface area (Å²) in [6.45, 7) is 12.9. The molecule has 8 heteroatoms. The lowest BCUT2D eigenvalue weighted by molar-refractivity contribution is 0.120.